The van der Waals surface area contributed by atoms with Crippen molar-refractivity contribution >= 4 is 0 Å². The fourth-order valence-electron chi connectivity index (χ4n) is 6.18. The van der Waals surface area contributed by atoms with E-state index in [-0.39, 0.29) is 0 Å². The number of rotatable bonds is 4. The number of aryl methyl sites for hydroxylation is 1. The molecule has 5 aliphatic rings. The molecule has 5 heteroatoms. The maximum absolute atomic E-state index is 5.21. The molecule has 4 bridgehead atoms. The summed E-state index contributed by atoms with van der Waals surface area (Å²) < 4.78 is 7.33. The summed E-state index contributed by atoms with van der Waals surface area (Å²) in [6, 6.07) is 1.12. The molecule has 2 heterocycles. The molecule has 0 amide bonds. The van der Waals surface area contributed by atoms with E-state index in [1.807, 2.05) is 0 Å². The minimum Gasteiger partial charge on any atom is -0.377 e. The van der Waals surface area contributed by atoms with Crippen LogP contribution >= 0.6 is 0 Å². The first-order valence-electron chi connectivity index (χ1n) is 9.48. The molecule has 0 radical (unpaired) electrons. The molecule has 4 aliphatic carbocycles. The van der Waals surface area contributed by atoms with Crippen LogP contribution in [0.4, 0.5) is 0 Å². The third kappa shape index (κ3) is 2.43. The first kappa shape index (κ1) is 14.4. The number of hydrogen-bond acceptors (Lipinski definition) is 4. The predicted octanol–water partition coefficient (Wildman–Crippen LogP) is 2.67. The summed E-state index contributed by atoms with van der Waals surface area (Å²) in [5.74, 6) is 5.90. The lowest BCUT2D eigenvalue weighted by Gasteiger charge is -2.55. The van der Waals surface area contributed by atoms with Crippen molar-refractivity contribution in [3.8, 4) is 0 Å². The van der Waals surface area contributed by atoms with E-state index in [9.17, 15) is 0 Å². The Labute approximate surface area is 138 Å². The Bertz CT molecular complexity index is 556. The van der Waals surface area contributed by atoms with Gasteiger partial charge in [-0.25, -0.2) is 9.67 Å². The Morgan fingerprint density at radius 2 is 1.87 bits per heavy atom. The quantitative estimate of drug-likeness (QED) is 0.928. The molecule has 4 fully saturated rings. The molecule has 6 rings (SSSR count). The van der Waals surface area contributed by atoms with Crippen molar-refractivity contribution in [1.82, 2.24) is 20.1 Å². The van der Waals surface area contributed by atoms with E-state index >= 15 is 0 Å². The highest BCUT2D eigenvalue weighted by Gasteiger charge is 2.48. The number of hydrogen-bond donors (Lipinski definition) is 1. The van der Waals surface area contributed by atoms with Gasteiger partial charge in [0.15, 0.2) is 5.82 Å². The van der Waals surface area contributed by atoms with Crippen molar-refractivity contribution in [2.45, 2.75) is 70.2 Å². The van der Waals surface area contributed by atoms with E-state index in [1.165, 1.54) is 44.9 Å². The first-order chi connectivity index (χ1) is 11.3. The Hall–Kier alpha value is -0.940. The minimum absolute atomic E-state index is 0.393. The molecule has 1 N–H and O–H groups in total. The fraction of sp³-hybridized carbons (Fsp3) is 0.889. The molecule has 1 aromatic rings. The zero-order chi connectivity index (χ0) is 15.4. The third-order valence-corrected chi connectivity index (χ3v) is 6.81. The molecular formula is C18H28N4O. The van der Waals surface area contributed by atoms with Crippen LogP contribution in [0, 0.1) is 23.7 Å². The lowest BCUT2D eigenvalue weighted by Crippen LogP contribution is -2.55. The summed E-state index contributed by atoms with van der Waals surface area (Å²) >= 11 is 0. The zero-order valence-corrected chi connectivity index (χ0v) is 14.1. The van der Waals surface area contributed by atoms with Crippen LogP contribution in [0.2, 0.25) is 0 Å². The number of fused-ring (bicyclic) bond motifs is 1. The molecule has 0 saturated heterocycles. The monoisotopic (exact) mass is 316 g/mol. The van der Waals surface area contributed by atoms with Gasteiger partial charge in [0, 0.05) is 19.7 Å². The van der Waals surface area contributed by atoms with E-state index in [0.29, 0.717) is 12.6 Å². The van der Waals surface area contributed by atoms with Crippen molar-refractivity contribution in [2.24, 2.45) is 23.7 Å². The van der Waals surface area contributed by atoms with Gasteiger partial charge in [-0.1, -0.05) is 0 Å². The number of nitrogens with one attached hydrogen (secondary N) is 1. The van der Waals surface area contributed by atoms with Gasteiger partial charge in [-0.05, 0) is 68.6 Å². The normalized spacial score (nSPS) is 41.3. The van der Waals surface area contributed by atoms with E-state index in [2.05, 4.69) is 15.1 Å². The van der Waals surface area contributed by atoms with E-state index in [1.54, 1.807) is 7.11 Å². The van der Waals surface area contributed by atoms with E-state index < -0.39 is 0 Å². The summed E-state index contributed by atoms with van der Waals surface area (Å²) in [5, 5.41) is 8.66. The third-order valence-electron chi connectivity index (χ3n) is 6.81. The molecule has 0 spiro atoms. The molecule has 126 valence electrons. The summed E-state index contributed by atoms with van der Waals surface area (Å²) in [6.45, 7) is 1.52. The molecule has 0 unspecified atom stereocenters. The van der Waals surface area contributed by atoms with Crippen LogP contribution in [0.15, 0.2) is 0 Å². The maximum atomic E-state index is 5.21. The van der Waals surface area contributed by atoms with Gasteiger partial charge < -0.3 is 10.1 Å². The molecule has 23 heavy (non-hydrogen) atoms. The second-order valence-corrected chi connectivity index (χ2v) is 8.36. The molecule has 0 aromatic carbocycles. The van der Waals surface area contributed by atoms with Gasteiger partial charge in [-0.15, -0.1) is 0 Å². The van der Waals surface area contributed by atoms with Gasteiger partial charge in [0.05, 0.1) is 6.04 Å². The summed E-state index contributed by atoms with van der Waals surface area (Å²) in [5.41, 5.74) is 0. The molecule has 1 atom stereocenters. The molecule has 5 nitrogen and oxygen atoms in total. The lowest BCUT2D eigenvalue weighted by atomic mass is 9.54. The zero-order valence-electron chi connectivity index (χ0n) is 14.1. The van der Waals surface area contributed by atoms with Gasteiger partial charge in [0.1, 0.15) is 12.4 Å². The largest absolute Gasteiger partial charge is 0.377 e. The SMILES string of the molecule is COCc1nc2n(n1)CCC[C@@H]2NC1C2CC3CC(C2)CC1C3. The van der Waals surface area contributed by atoms with Crippen LogP contribution in [-0.4, -0.2) is 27.9 Å². The van der Waals surface area contributed by atoms with Crippen LogP contribution < -0.4 is 5.32 Å². The smallest absolute Gasteiger partial charge is 0.176 e. The van der Waals surface area contributed by atoms with Gasteiger partial charge in [0.25, 0.3) is 0 Å². The van der Waals surface area contributed by atoms with E-state index in [4.69, 9.17) is 9.72 Å². The topological polar surface area (TPSA) is 52.0 Å². The minimum atomic E-state index is 0.393. The summed E-state index contributed by atoms with van der Waals surface area (Å²) in [4.78, 5) is 4.77. The van der Waals surface area contributed by atoms with Crippen LogP contribution in [0.3, 0.4) is 0 Å². The highest BCUT2D eigenvalue weighted by molar-refractivity contribution is 5.07. The predicted molar refractivity (Wildman–Crippen MR) is 86.7 cm³/mol. The molecule has 1 aliphatic heterocycles. The van der Waals surface area contributed by atoms with Crippen molar-refractivity contribution in [1.29, 1.82) is 0 Å². The standard InChI is InChI=1S/C18H28N4O/c1-23-10-16-20-18-15(3-2-4-22(18)21-16)19-17-13-6-11-5-12(8-13)9-14(17)7-11/h11-15,17,19H,2-10H2,1H3/t11?,12?,13?,14?,15-,17?/m0/s1. The lowest BCUT2D eigenvalue weighted by molar-refractivity contribution is -0.0193. The second kappa shape index (κ2) is 5.55. The van der Waals surface area contributed by atoms with Crippen molar-refractivity contribution < 1.29 is 4.74 Å². The van der Waals surface area contributed by atoms with Gasteiger partial charge in [0.2, 0.25) is 0 Å². The molecular weight excluding hydrogens is 288 g/mol. The van der Waals surface area contributed by atoms with Crippen LogP contribution in [-0.2, 0) is 17.9 Å². The molecule has 1 aromatic heterocycles. The fourth-order valence-corrected chi connectivity index (χ4v) is 6.18. The number of aromatic nitrogens is 3. The first-order valence-corrected chi connectivity index (χ1v) is 9.48. The summed E-state index contributed by atoms with van der Waals surface area (Å²) in [6.07, 6.45) is 9.82. The van der Waals surface area contributed by atoms with Gasteiger partial charge >= 0.3 is 0 Å². The second-order valence-electron chi connectivity index (χ2n) is 8.36. The summed E-state index contributed by atoms with van der Waals surface area (Å²) in [7, 11) is 1.71. The van der Waals surface area contributed by atoms with Crippen molar-refractivity contribution in [2.75, 3.05) is 7.11 Å². The Kier molecular flexibility index (Phi) is 3.48. The number of ether oxygens (including phenoxy) is 1. The highest BCUT2D eigenvalue weighted by Crippen LogP contribution is 2.54. The van der Waals surface area contributed by atoms with Crippen molar-refractivity contribution in [3.05, 3.63) is 11.6 Å². The van der Waals surface area contributed by atoms with Gasteiger partial charge in [-0.3, -0.25) is 0 Å². The van der Waals surface area contributed by atoms with Gasteiger partial charge in [-0.2, -0.15) is 5.10 Å². The van der Waals surface area contributed by atoms with E-state index in [0.717, 1.165) is 47.9 Å². The number of methoxy groups -OCH3 is 1. The Balaban J connectivity index is 1.35. The van der Waals surface area contributed by atoms with Crippen LogP contribution in [0.1, 0.15) is 62.6 Å². The van der Waals surface area contributed by atoms with Crippen LogP contribution in [0.5, 0.6) is 0 Å². The Morgan fingerprint density at radius 1 is 1.13 bits per heavy atom. The molecule has 4 saturated carbocycles. The van der Waals surface area contributed by atoms with Crippen LogP contribution in [0.25, 0.3) is 0 Å². The highest BCUT2D eigenvalue weighted by atomic mass is 16.5. The number of nitrogens with zero attached hydrogens (tertiary/aromatic N) is 3. The average Bonchev–Trinajstić information content (AvgIpc) is 2.94. The van der Waals surface area contributed by atoms with Crippen molar-refractivity contribution in [3.63, 3.8) is 0 Å². The average molecular weight is 316 g/mol. The Morgan fingerprint density at radius 3 is 2.57 bits per heavy atom. The maximum Gasteiger partial charge on any atom is 0.176 e.